The van der Waals surface area contributed by atoms with Gasteiger partial charge in [0, 0.05) is 12.6 Å². The van der Waals surface area contributed by atoms with Gasteiger partial charge in [0.05, 0.1) is 11.1 Å². The summed E-state index contributed by atoms with van der Waals surface area (Å²) in [5.74, 6) is 0. The molecule has 1 fully saturated rings. The molecule has 1 unspecified atom stereocenters. The molecule has 0 aliphatic carbocycles. The van der Waals surface area contributed by atoms with Crippen LogP contribution in [0.2, 0.25) is 0 Å². The lowest BCUT2D eigenvalue weighted by Crippen LogP contribution is -2.29. The lowest BCUT2D eigenvalue weighted by Gasteiger charge is -2.25. The Morgan fingerprint density at radius 3 is 1.95 bits per heavy atom. The van der Waals surface area contributed by atoms with E-state index in [1.807, 2.05) is 6.92 Å². The summed E-state index contributed by atoms with van der Waals surface area (Å²) in [6.45, 7) is 2.01. The molecule has 1 atom stereocenters. The highest BCUT2D eigenvalue weighted by Gasteiger charge is 2.41. The summed E-state index contributed by atoms with van der Waals surface area (Å²) in [5, 5.41) is 0. The number of benzene rings is 1. The van der Waals surface area contributed by atoms with Crippen LogP contribution < -0.4 is 0 Å². The van der Waals surface area contributed by atoms with Crippen molar-refractivity contribution in [1.29, 1.82) is 0 Å². The van der Waals surface area contributed by atoms with Gasteiger partial charge in [-0.25, -0.2) is 0 Å². The van der Waals surface area contributed by atoms with Crippen molar-refractivity contribution in [3.8, 4) is 0 Å². The van der Waals surface area contributed by atoms with E-state index < -0.39 is 29.0 Å². The molecule has 0 amide bonds. The molecule has 1 aromatic rings. The normalized spacial score (nSPS) is 21.0. The standard InChI is InChI=1S/C14H15F6N/c1-9-4-3-7-21(9)8-10-11(13(15,16)17)5-2-6-12(10)14(18,19)20/h2,5-6,9H,3-4,7-8H2,1H3. The maximum atomic E-state index is 13.0. The van der Waals surface area contributed by atoms with Crippen LogP contribution in [-0.4, -0.2) is 17.5 Å². The van der Waals surface area contributed by atoms with E-state index >= 15 is 0 Å². The van der Waals surface area contributed by atoms with Crippen LogP contribution in [0.1, 0.15) is 36.5 Å². The zero-order chi connectivity index (χ0) is 15.8. The minimum Gasteiger partial charge on any atom is -0.296 e. The zero-order valence-electron chi connectivity index (χ0n) is 11.4. The van der Waals surface area contributed by atoms with Gasteiger partial charge in [-0.15, -0.1) is 0 Å². The highest BCUT2D eigenvalue weighted by molar-refractivity contribution is 5.39. The van der Waals surface area contributed by atoms with Crippen molar-refractivity contribution in [1.82, 2.24) is 4.90 Å². The van der Waals surface area contributed by atoms with Crippen LogP contribution in [0.4, 0.5) is 26.3 Å². The first-order chi connectivity index (χ1) is 9.60. The molecule has 21 heavy (non-hydrogen) atoms. The van der Waals surface area contributed by atoms with Gasteiger partial charge in [0.2, 0.25) is 0 Å². The lowest BCUT2D eigenvalue weighted by atomic mass is 9.99. The molecule has 1 saturated heterocycles. The fourth-order valence-electron chi connectivity index (χ4n) is 2.72. The number of hydrogen-bond acceptors (Lipinski definition) is 1. The fraction of sp³-hybridized carbons (Fsp3) is 0.571. The molecule has 1 aliphatic rings. The molecule has 0 radical (unpaired) electrons. The van der Waals surface area contributed by atoms with Gasteiger partial charge >= 0.3 is 12.4 Å². The SMILES string of the molecule is CC1CCCN1Cc1c(C(F)(F)F)cccc1C(F)(F)F. The molecule has 1 nitrogen and oxygen atoms in total. The van der Waals surface area contributed by atoms with Crippen molar-refractivity contribution < 1.29 is 26.3 Å². The lowest BCUT2D eigenvalue weighted by molar-refractivity contribution is -0.144. The van der Waals surface area contributed by atoms with Crippen molar-refractivity contribution in [2.45, 2.75) is 44.7 Å². The van der Waals surface area contributed by atoms with Gasteiger partial charge in [-0.2, -0.15) is 26.3 Å². The minimum atomic E-state index is -4.79. The number of alkyl halides is 6. The predicted molar refractivity (Wildman–Crippen MR) is 65.6 cm³/mol. The summed E-state index contributed by atoms with van der Waals surface area (Å²) in [6, 6.07) is 2.23. The molecular weight excluding hydrogens is 296 g/mol. The number of halogens is 6. The smallest absolute Gasteiger partial charge is 0.296 e. The van der Waals surface area contributed by atoms with E-state index in [1.165, 1.54) is 0 Å². The van der Waals surface area contributed by atoms with Gasteiger partial charge in [0.15, 0.2) is 0 Å². The second-order valence-electron chi connectivity index (χ2n) is 5.29. The molecule has 0 bridgehead atoms. The third-order valence-electron chi connectivity index (χ3n) is 3.84. The van der Waals surface area contributed by atoms with Crippen molar-refractivity contribution in [3.63, 3.8) is 0 Å². The van der Waals surface area contributed by atoms with Crippen molar-refractivity contribution in [3.05, 3.63) is 34.9 Å². The highest BCUT2D eigenvalue weighted by Crippen LogP contribution is 2.40. The van der Waals surface area contributed by atoms with Gasteiger partial charge in [0.1, 0.15) is 0 Å². The minimum absolute atomic E-state index is 0.00706. The Morgan fingerprint density at radius 1 is 1.05 bits per heavy atom. The molecule has 0 N–H and O–H groups in total. The van der Waals surface area contributed by atoms with Crippen molar-refractivity contribution >= 4 is 0 Å². The van der Waals surface area contributed by atoms with E-state index in [0.29, 0.717) is 18.7 Å². The van der Waals surface area contributed by atoms with E-state index in [2.05, 4.69) is 0 Å². The molecule has 0 saturated carbocycles. The first-order valence-corrected chi connectivity index (χ1v) is 6.61. The third-order valence-corrected chi connectivity index (χ3v) is 3.84. The predicted octanol–water partition coefficient (Wildman–Crippen LogP) is 4.71. The van der Waals surface area contributed by atoms with Gasteiger partial charge < -0.3 is 0 Å². The molecule has 118 valence electrons. The average Bonchev–Trinajstić information content (AvgIpc) is 2.72. The Hall–Kier alpha value is -1.24. The highest BCUT2D eigenvalue weighted by atomic mass is 19.4. The largest absolute Gasteiger partial charge is 0.416 e. The van der Waals surface area contributed by atoms with Gasteiger partial charge in [-0.1, -0.05) is 6.07 Å². The van der Waals surface area contributed by atoms with E-state index in [4.69, 9.17) is 0 Å². The zero-order valence-corrected chi connectivity index (χ0v) is 11.4. The average molecular weight is 311 g/mol. The summed E-state index contributed by atoms with van der Waals surface area (Å²) < 4.78 is 78.0. The molecule has 1 aromatic carbocycles. The first-order valence-electron chi connectivity index (χ1n) is 6.61. The van der Waals surface area contributed by atoms with Crippen LogP contribution in [0.15, 0.2) is 18.2 Å². The Labute approximate surface area is 118 Å². The van der Waals surface area contributed by atoms with Crippen LogP contribution in [0, 0.1) is 0 Å². The number of likely N-dealkylation sites (tertiary alicyclic amines) is 1. The molecule has 1 heterocycles. The first kappa shape index (κ1) is 16.1. The summed E-state index contributed by atoms with van der Waals surface area (Å²) >= 11 is 0. The number of rotatable bonds is 2. The van der Waals surface area contributed by atoms with Crippen molar-refractivity contribution in [2.75, 3.05) is 6.54 Å². The van der Waals surface area contributed by atoms with Crippen LogP contribution in [-0.2, 0) is 18.9 Å². The number of hydrogen-bond donors (Lipinski definition) is 0. The van der Waals surface area contributed by atoms with Crippen LogP contribution >= 0.6 is 0 Å². The van der Waals surface area contributed by atoms with Gasteiger partial charge in [-0.3, -0.25) is 4.90 Å². The molecular formula is C14H15F6N. The van der Waals surface area contributed by atoms with E-state index in [9.17, 15) is 26.3 Å². The second-order valence-corrected chi connectivity index (χ2v) is 5.29. The Morgan fingerprint density at radius 2 is 1.57 bits per heavy atom. The molecule has 7 heteroatoms. The molecule has 1 aliphatic heterocycles. The maximum absolute atomic E-state index is 13.0. The summed E-state index contributed by atoms with van der Waals surface area (Å²) in [6.07, 6.45) is -8.01. The second kappa shape index (κ2) is 5.51. The summed E-state index contributed by atoms with van der Waals surface area (Å²) in [4.78, 5) is 1.67. The Bertz CT molecular complexity index is 473. The Balaban J connectivity index is 2.48. The van der Waals surface area contributed by atoms with Gasteiger partial charge in [0.25, 0.3) is 0 Å². The monoisotopic (exact) mass is 311 g/mol. The van der Waals surface area contributed by atoms with Crippen LogP contribution in [0.25, 0.3) is 0 Å². The van der Waals surface area contributed by atoms with Crippen LogP contribution in [0.3, 0.4) is 0 Å². The van der Waals surface area contributed by atoms with E-state index in [1.54, 1.807) is 4.90 Å². The summed E-state index contributed by atoms with van der Waals surface area (Å²) in [5.41, 5.74) is -3.07. The maximum Gasteiger partial charge on any atom is 0.416 e. The quantitative estimate of drug-likeness (QED) is 0.715. The van der Waals surface area contributed by atoms with E-state index in [0.717, 1.165) is 18.9 Å². The van der Waals surface area contributed by atoms with Crippen molar-refractivity contribution in [2.24, 2.45) is 0 Å². The van der Waals surface area contributed by atoms with E-state index in [-0.39, 0.29) is 12.6 Å². The van der Waals surface area contributed by atoms with Gasteiger partial charge in [-0.05, 0) is 44.0 Å². The summed E-state index contributed by atoms with van der Waals surface area (Å²) in [7, 11) is 0. The fourth-order valence-corrected chi connectivity index (χ4v) is 2.72. The topological polar surface area (TPSA) is 3.24 Å². The van der Waals surface area contributed by atoms with Crippen LogP contribution in [0.5, 0.6) is 0 Å². The third kappa shape index (κ3) is 3.51. The Kier molecular flexibility index (Phi) is 4.24. The number of nitrogens with zero attached hydrogens (tertiary/aromatic N) is 1. The molecule has 0 spiro atoms. The molecule has 0 aromatic heterocycles. The molecule has 2 rings (SSSR count).